The summed E-state index contributed by atoms with van der Waals surface area (Å²) in [5.41, 5.74) is 0.801. The summed E-state index contributed by atoms with van der Waals surface area (Å²) in [6.45, 7) is 0. The van der Waals surface area contributed by atoms with Crippen molar-refractivity contribution >= 4 is 11.6 Å². The molecule has 26 heavy (non-hydrogen) atoms. The summed E-state index contributed by atoms with van der Waals surface area (Å²) in [5.74, 6) is 0.199. The van der Waals surface area contributed by atoms with Crippen LogP contribution in [0.3, 0.4) is 0 Å². The molecular formula is C17H16F2N4O3. The highest BCUT2D eigenvalue weighted by molar-refractivity contribution is 5.65. The highest BCUT2D eigenvalue weighted by Gasteiger charge is 2.14. The Hall–Kier alpha value is -3.36. The lowest BCUT2D eigenvalue weighted by Gasteiger charge is -2.14. The molecule has 1 heterocycles. The van der Waals surface area contributed by atoms with Gasteiger partial charge in [0, 0.05) is 23.9 Å². The molecule has 0 radical (unpaired) electrons. The highest BCUT2D eigenvalue weighted by Crippen LogP contribution is 2.40. The Morgan fingerprint density at radius 2 is 1.50 bits per heavy atom. The molecule has 0 saturated carbocycles. The van der Waals surface area contributed by atoms with E-state index in [0.717, 1.165) is 18.2 Å². The van der Waals surface area contributed by atoms with Crippen LogP contribution in [-0.4, -0.2) is 36.1 Å². The summed E-state index contributed by atoms with van der Waals surface area (Å²) < 4.78 is 43.8. The standard InChI is InChI=1S/C17H16F2N4O3/c1-24-14-7-12(8-15(25-2)16(14)26-3)21-17-20-9-23(22-17)13-5-10(18)4-11(19)6-13/h4-9H,1-3H3,(H,21,22). The SMILES string of the molecule is COc1cc(Nc2ncn(-c3cc(F)cc(F)c3)n2)cc(OC)c1OC. The molecule has 9 heteroatoms. The lowest BCUT2D eigenvalue weighted by Crippen LogP contribution is -2.00. The Bertz CT molecular complexity index is 885. The first-order valence-corrected chi connectivity index (χ1v) is 7.49. The van der Waals surface area contributed by atoms with Crippen molar-refractivity contribution < 1.29 is 23.0 Å². The van der Waals surface area contributed by atoms with Crippen molar-refractivity contribution in [2.24, 2.45) is 0 Å². The molecule has 3 aromatic rings. The van der Waals surface area contributed by atoms with Crippen LogP contribution in [0.4, 0.5) is 20.4 Å². The van der Waals surface area contributed by atoms with Gasteiger partial charge in [0.05, 0.1) is 27.0 Å². The van der Waals surface area contributed by atoms with Crippen molar-refractivity contribution in [2.45, 2.75) is 0 Å². The van der Waals surface area contributed by atoms with E-state index in [1.165, 1.54) is 32.3 Å². The van der Waals surface area contributed by atoms with Crippen LogP contribution in [0.2, 0.25) is 0 Å². The van der Waals surface area contributed by atoms with Crippen LogP contribution in [0.15, 0.2) is 36.7 Å². The van der Waals surface area contributed by atoms with E-state index in [-0.39, 0.29) is 11.6 Å². The van der Waals surface area contributed by atoms with Gasteiger partial charge in [0.25, 0.3) is 0 Å². The number of aromatic nitrogens is 3. The predicted octanol–water partition coefficient (Wildman–Crippen LogP) is 3.31. The molecule has 1 N–H and O–H groups in total. The van der Waals surface area contributed by atoms with Crippen molar-refractivity contribution in [3.8, 4) is 22.9 Å². The highest BCUT2D eigenvalue weighted by atomic mass is 19.1. The van der Waals surface area contributed by atoms with Crippen LogP contribution in [-0.2, 0) is 0 Å². The normalized spacial score (nSPS) is 10.5. The van der Waals surface area contributed by atoms with Gasteiger partial charge in [0.1, 0.15) is 18.0 Å². The van der Waals surface area contributed by atoms with Gasteiger partial charge < -0.3 is 19.5 Å². The molecule has 3 rings (SSSR count). The molecule has 0 aliphatic carbocycles. The van der Waals surface area contributed by atoms with Gasteiger partial charge in [-0.05, 0) is 12.1 Å². The van der Waals surface area contributed by atoms with E-state index in [9.17, 15) is 8.78 Å². The van der Waals surface area contributed by atoms with E-state index < -0.39 is 11.6 Å². The molecule has 0 amide bonds. The second-order valence-corrected chi connectivity index (χ2v) is 5.18. The lowest BCUT2D eigenvalue weighted by molar-refractivity contribution is 0.324. The molecule has 0 aliphatic rings. The van der Waals surface area contributed by atoms with Crippen molar-refractivity contribution in [2.75, 3.05) is 26.6 Å². The monoisotopic (exact) mass is 362 g/mol. The van der Waals surface area contributed by atoms with Gasteiger partial charge >= 0.3 is 0 Å². The van der Waals surface area contributed by atoms with E-state index in [1.807, 2.05) is 0 Å². The Balaban J connectivity index is 1.89. The second kappa shape index (κ2) is 7.26. The molecule has 0 fully saturated rings. The average Bonchev–Trinajstić information content (AvgIpc) is 3.08. The lowest BCUT2D eigenvalue weighted by atomic mass is 10.2. The third kappa shape index (κ3) is 3.51. The van der Waals surface area contributed by atoms with E-state index in [1.54, 1.807) is 12.1 Å². The summed E-state index contributed by atoms with van der Waals surface area (Å²) >= 11 is 0. The van der Waals surface area contributed by atoms with Gasteiger partial charge in [0.2, 0.25) is 11.7 Å². The van der Waals surface area contributed by atoms with Gasteiger partial charge in [-0.1, -0.05) is 0 Å². The number of ether oxygens (including phenoxy) is 3. The van der Waals surface area contributed by atoms with Crippen molar-refractivity contribution in [3.63, 3.8) is 0 Å². The third-order valence-electron chi connectivity index (χ3n) is 3.52. The smallest absolute Gasteiger partial charge is 0.246 e. The van der Waals surface area contributed by atoms with Crippen LogP contribution in [0.25, 0.3) is 5.69 Å². The van der Waals surface area contributed by atoms with Crippen molar-refractivity contribution in [1.82, 2.24) is 14.8 Å². The van der Waals surface area contributed by atoms with Crippen LogP contribution in [0, 0.1) is 11.6 Å². The topological polar surface area (TPSA) is 70.4 Å². The first kappa shape index (κ1) is 17.5. The summed E-state index contributed by atoms with van der Waals surface area (Å²) in [5, 5.41) is 7.14. The molecule has 0 unspecified atom stereocenters. The fourth-order valence-corrected chi connectivity index (χ4v) is 2.40. The van der Waals surface area contributed by atoms with Gasteiger partial charge in [-0.25, -0.2) is 13.5 Å². The number of hydrogen-bond donors (Lipinski definition) is 1. The number of halogens is 2. The quantitative estimate of drug-likeness (QED) is 0.725. The Morgan fingerprint density at radius 1 is 0.885 bits per heavy atom. The molecule has 0 bridgehead atoms. The van der Waals surface area contributed by atoms with Crippen LogP contribution in [0.5, 0.6) is 17.2 Å². The van der Waals surface area contributed by atoms with Crippen LogP contribution >= 0.6 is 0 Å². The van der Waals surface area contributed by atoms with E-state index in [0.29, 0.717) is 22.9 Å². The summed E-state index contributed by atoms with van der Waals surface area (Å²) in [4.78, 5) is 4.08. The second-order valence-electron chi connectivity index (χ2n) is 5.18. The number of benzene rings is 2. The molecule has 136 valence electrons. The first-order valence-electron chi connectivity index (χ1n) is 7.49. The number of hydrogen-bond acceptors (Lipinski definition) is 6. The maximum Gasteiger partial charge on any atom is 0.246 e. The molecular weight excluding hydrogens is 346 g/mol. The summed E-state index contributed by atoms with van der Waals surface area (Å²) in [6.07, 6.45) is 1.34. The summed E-state index contributed by atoms with van der Waals surface area (Å²) in [7, 11) is 4.52. The predicted molar refractivity (Wildman–Crippen MR) is 90.7 cm³/mol. The number of nitrogens with zero attached hydrogens (tertiary/aromatic N) is 3. The van der Waals surface area contributed by atoms with Gasteiger partial charge in [-0.2, -0.15) is 4.98 Å². The number of rotatable bonds is 6. The minimum absolute atomic E-state index is 0.216. The van der Waals surface area contributed by atoms with Crippen LogP contribution in [0.1, 0.15) is 0 Å². The number of methoxy groups -OCH3 is 3. The first-order chi connectivity index (χ1) is 12.5. The zero-order valence-electron chi connectivity index (χ0n) is 14.3. The maximum atomic E-state index is 13.3. The van der Waals surface area contributed by atoms with E-state index in [2.05, 4.69) is 15.4 Å². The molecule has 1 aromatic heterocycles. The average molecular weight is 362 g/mol. The summed E-state index contributed by atoms with van der Waals surface area (Å²) in [6, 6.07) is 6.46. The van der Waals surface area contributed by atoms with E-state index in [4.69, 9.17) is 14.2 Å². The van der Waals surface area contributed by atoms with Crippen molar-refractivity contribution in [1.29, 1.82) is 0 Å². The van der Waals surface area contributed by atoms with Crippen LogP contribution < -0.4 is 19.5 Å². The molecule has 0 saturated heterocycles. The number of anilines is 2. The molecule has 2 aromatic carbocycles. The largest absolute Gasteiger partial charge is 0.493 e. The third-order valence-corrected chi connectivity index (χ3v) is 3.52. The van der Waals surface area contributed by atoms with Gasteiger partial charge in [-0.3, -0.25) is 0 Å². The molecule has 7 nitrogen and oxygen atoms in total. The Labute approximate surface area is 148 Å². The Kier molecular flexibility index (Phi) is 4.87. The van der Waals surface area contributed by atoms with Gasteiger partial charge in [0.15, 0.2) is 11.5 Å². The fourth-order valence-electron chi connectivity index (χ4n) is 2.40. The zero-order valence-corrected chi connectivity index (χ0v) is 14.3. The molecule has 0 spiro atoms. The minimum Gasteiger partial charge on any atom is -0.493 e. The Morgan fingerprint density at radius 3 is 2.04 bits per heavy atom. The van der Waals surface area contributed by atoms with E-state index >= 15 is 0 Å². The zero-order chi connectivity index (χ0) is 18.7. The van der Waals surface area contributed by atoms with Crippen molar-refractivity contribution in [3.05, 3.63) is 48.3 Å². The van der Waals surface area contributed by atoms with Gasteiger partial charge in [-0.15, -0.1) is 5.10 Å². The molecule has 0 atom stereocenters. The molecule has 0 aliphatic heterocycles. The fraction of sp³-hybridized carbons (Fsp3) is 0.176. The maximum absolute atomic E-state index is 13.3. The number of nitrogens with one attached hydrogen (secondary N) is 1. The minimum atomic E-state index is -0.699.